The maximum Gasteiger partial charge on any atom is 0.227 e. The highest BCUT2D eigenvalue weighted by atomic mass is 32.2. The van der Waals surface area contributed by atoms with E-state index in [4.69, 9.17) is 0 Å². The molecule has 7 nitrogen and oxygen atoms in total. The molecule has 2 amide bonds. The van der Waals surface area contributed by atoms with Gasteiger partial charge in [-0.1, -0.05) is 0 Å². The van der Waals surface area contributed by atoms with Crippen molar-refractivity contribution in [2.24, 2.45) is 0 Å². The molecular formula is C17H17N3O4S2. The van der Waals surface area contributed by atoms with Crippen LogP contribution in [0.15, 0.2) is 28.6 Å². The fourth-order valence-electron chi connectivity index (χ4n) is 3.42. The third-order valence-corrected chi connectivity index (χ3v) is 7.04. The highest BCUT2D eigenvalue weighted by molar-refractivity contribution is 7.91. The predicted octanol–water partition coefficient (Wildman–Crippen LogP) is 1.78. The molecule has 0 aliphatic carbocycles. The third-order valence-electron chi connectivity index (χ3n) is 4.66. The topological polar surface area (TPSA) is 96.4 Å². The fourth-order valence-corrected chi connectivity index (χ4v) is 5.30. The van der Waals surface area contributed by atoms with E-state index < -0.39 is 9.84 Å². The van der Waals surface area contributed by atoms with Crippen molar-refractivity contribution in [2.75, 3.05) is 22.5 Å². The summed E-state index contributed by atoms with van der Waals surface area (Å²) in [5.41, 5.74) is 2.70. The van der Waals surface area contributed by atoms with Crippen molar-refractivity contribution in [3.8, 4) is 0 Å². The average molecular weight is 391 g/mol. The normalized spacial score (nSPS) is 15.8. The van der Waals surface area contributed by atoms with Crippen LogP contribution in [-0.4, -0.2) is 37.5 Å². The van der Waals surface area contributed by atoms with Gasteiger partial charge in [0.15, 0.2) is 15.0 Å². The molecule has 2 aliphatic heterocycles. The molecule has 0 saturated heterocycles. The van der Waals surface area contributed by atoms with Crippen LogP contribution in [0.3, 0.4) is 0 Å². The molecule has 0 saturated carbocycles. The number of amides is 2. The van der Waals surface area contributed by atoms with Crippen molar-refractivity contribution >= 4 is 43.8 Å². The molecule has 2 aromatic rings. The van der Waals surface area contributed by atoms with Gasteiger partial charge in [-0.25, -0.2) is 13.4 Å². The quantitative estimate of drug-likeness (QED) is 0.838. The van der Waals surface area contributed by atoms with Crippen LogP contribution in [-0.2, 0) is 32.3 Å². The Bertz CT molecular complexity index is 984. The summed E-state index contributed by atoms with van der Waals surface area (Å²) in [4.78, 5) is 29.8. The van der Waals surface area contributed by atoms with Crippen LogP contribution in [0, 0.1) is 0 Å². The molecule has 0 radical (unpaired) electrons. The van der Waals surface area contributed by atoms with Crippen molar-refractivity contribution in [3.63, 3.8) is 0 Å². The zero-order valence-corrected chi connectivity index (χ0v) is 15.5. The molecule has 3 heterocycles. The summed E-state index contributed by atoms with van der Waals surface area (Å²) in [5.74, 6) is -0.529. The summed E-state index contributed by atoms with van der Waals surface area (Å²) >= 11 is 1.28. The van der Waals surface area contributed by atoms with Gasteiger partial charge in [0, 0.05) is 31.0 Å². The van der Waals surface area contributed by atoms with E-state index in [1.54, 1.807) is 28.6 Å². The van der Waals surface area contributed by atoms with Gasteiger partial charge >= 0.3 is 0 Å². The number of carbonyl (C=O) groups is 2. The van der Waals surface area contributed by atoms with Crippen LogP contribution in [0.25, 0.3) is 0 Å². The van der Waals surface area contributed by atoms with Gasteiger partial charge in [0.1, 0.15) is 0 Å². The van der Waals surface area contributed by atoms with Gasteiger partial charge in [0.05, 0.1) is 16.3 Å². The first-order valence-electron chi connectivity index (χ1n) is 8.32. The Balaban J connectivity index is 1.52. The van der Waals surface area contributed by atoms with Crippen LogP contribution in [0.5, 0.6) is 0 Å². The lowest BCUT2D eigenvalue weighted by Crippen LogP contribution is -2.32. The minimum atomic E-state index is -3.58. The molecule has 2 aliphatic rings. The SMILES string of the molecule is O=C(CCS(=O)(=O)c1cc2c3c(c1)CCN3C(=O)CC2)Nc1nccs1. The van der Waals surface area contributed by atoms with Crippen molar-refractivity contribution in [2.45, 2.75) is 30.6 Å². The van der Waals surface area contributed by atoms with Gasteiger partial charge in [-0.15, -0.1) is 11.3 Å². The van der Waals surface area contributed by atoms with E-state index >= 15 is 0 Å². The van der Waals surface area contributed by atoms with E-state index in [9.17, 15) is 18.0 Å². The van der Waals surface area contributed by atoms with E-state index in [2.05, 4.69) is 10.3 Å². The molecule has 136 valence electrons. The molecule has 0 atom stereocenters. The van der Waals surface area contributed by atoms with Gasteiger partial charge in [-0.3, -0.25) is 9.59 Å². The summed E-state index contributed by atoms with van der Waals surface area (Å²) in [6, 6.07) is 3.32. The first kappa shape index (κ1) is 17.2. The summed E-state index contributed by atoms with van der Waals surface area (Å²) in [6.45, 7) is 0.612. The average Bonchev–Trinajstić information content (AvgIpc) is 3.27. The van der Waals surface area contributed by atoms with Crippen LogP contribution in [0.2, 0.25) is 0 Å². The Kier molecular flexibility index (Phi) is 4.28. The molecule has 4 rings (SSSR count). The van der Waals surface area contributed by atoms with Crippen molar-refractivity contribution in [1.82, 2.24) is 4.98 Å². The smallest absolute Gasteiger partial charge is 0.227 e. The van der Waals surface area contributed by atoms with Gasteiger partial charge in [-0.05, 0) is 36.1 Å². The lowest BCUT2D eigenvalue weighted by molar-refractivity contribution is -0.119. The minimum absolute atomic E-state index is 0.103. The highest BCUT2D eigenvalue weighted by Crippen LogP contribution is 2.38. The Morgan fingerprint density at radius 2 is 2.00 bits per heavy atom. The number of thiazole rings is 1. The van der Waals surface area contributed by atoms with Gasteiger partial charge < -0.3 is 10.2 Å². The fraction of sp³-hybridized carbons (Fsp3) is 0.353. The zero-order chi connectivity index (χ0) is 18.3. The number of nitrogens with one attached hydrogen (secondary N) is 1. The van der Waals surface area contributed by atoms with Crippen LogP contribution in [0.4, 0.5) is 10.8 Å². The Labute approximate surface area is 155 Å². The number of benzene rings is 1. The van der Waals surface area contributed by atoms with Crippen LogP contribution >= 0.6 is 11.3 Å². The molecular weight excluding hydrogens is 374 g/mol. The largest absolute Gasteiger partial charge is 0.312 e. The van der Waals surface area contributed by atoms with Crippen LogP contribution < -0.4 is 10.2 Å². The molecule has 0 unspecified atom stereocenters. The zero-order valence-electron chi connectivity index (χ0n) is 13.9. The number of hydrogen-bond acceptors (Lipinski definition) is 6. The first-order chi connectivity index (χ1) is 12.4. The summed E-state index contributed by atoms with van der Waals surface area (Å²) in [7, 11) is -3.58. The maximum atomic E-state index is 12.7. The molecule has 26 heavy (non-hydrogen) atoms. The van der Waals surface area contributed by atoms with Crippen molar-refractivity contribution < 1.29 is 18.0 Å². The Morgan fingerprint density at radius 3 is 2.73 bits per heavy atom. The lowest BCUT2D eigenvalue weighted by Gasteiger charge is -2.25. The van der Waals surface area contributed by atoms with Gasteiger partial charge in [0.25, 0.3) is 0 Å². The van der Waals surface area contributed by atoms with E-state index in [0.29, 0.717) is 30.9 Å². The van der Waals surface area contributed by atoms with E-state index in [1.165, 1.54) is 11.3 Å². The number of carbonyl (C=O) groups excluding carboxylic acids is 2. The molecule has 0 spiro atoms. The van der Waals surface area contributed by atoms with Crippen LogP contribution in [0.1, 0.15) is 24.0 Å². The molecule has 0 fully saturated rings. The third kappa shape index (κ3) is 3.12. The van der Waals surface area contributed by atoms with Crippen molar-refractivity contribution in [1.29, 1.82) is 0 Å². The summed E-state index contributed by atoms with van der Waals surface area (Å²) in [6.07, 6.45) is 3.08. The van der Waals surface area contributed by atoms with E-state index in [-0.39, 0.29) is 28.9 Å². The number of aryl methyl sites for hydroxylation is 1. The number of hydrogen-bond donors (Lipinski definition) is 1. The monoisotopic (exact) mass is 391 g/mol. The number of rotatable bonds is 5. The molecule has 1 aromatic heterocycles. The maximum absolute atomic E-state index is 12.7. The standard InChI is InChI=1S/C17H17N3O4S2/c21-14(19-17-18-5-7-25-17)4-8-26(23,24)13-9-11-1-2-15(22)20-6-3-12(10-13)16(11)20/h5,7,9-10H,1-4,6,8H2,(H,18,19,21). The highest BCUT2D eigenvalue weighted by Gasteiger charge is 2.32. The van der Waals surface area contributed by atoms with E-state index in [1.807, 2.05) is 0 Å². The summed E-state index contributed by atoms with van der Waals surface area (Å²) < 4.78 is 25.4. The second-order valence-electron chi connectivity index (χ2n) is 6.34. The van der Waals surface area contributed by atoms with Crippen molar-refractivity contribution in [3.05, 3.63) is 34.8 Å². The lowest BCUT2D eigenvalue weighted by atomic mass is 10.00. The molecule has 9 heteroatoms. The van der Waals surface area contributed by atoms with Gasteiger partial charge in [-0.2, -0.15) is 0 Å². The first-order valence-corrected chi connectivity index (χ1v) is 10.9. The number of sulfone groups is 1. The second-order valence-corrected chi connectivity index (χ2v) is 9.34. The number of nitrogens with zero attached hydrogens (tertiary/aromatic N) is 2. The molecule has 0 bridgehead atoms. The number of anilines is 2. The number of aromatic nitrogens is 1. The summed E-state index contributed by atoms with van der Waals surface area (Å²) in [5, 5.41) is 4.78. The molecule has 1 aromatic carbocycles. The van der Waals surface area contributed by atoms with Gasteiger partial charge in [0.2, 0.25) is 11.8 Å². The molecule has 1 N–H and O–H groups in total. The Hall–Kier alpha value is -2.26. The second kappa shape index (κ2) is 6.48. The Morgan fingerprint density at radius 1 is 1.23 bits per heavy atom. The van der Waals surface area contributed by atoms with E-state index in [0.717, 1.165) is 16.8 Å². The predicted molar refractivity (Wildman–Crippen MR) is 98.2 cm³/mol. The minimum Gasteiger partial charge on any atom is -0.312 e.